The summed E-state index contributed by atoms with van der Waals surface area (Å²) in [5.41, 5.74) is 1.34. The minimum atomic E-state index is -0.503. The van der Waals surface area contributed by atoms with Gasteiger partial charge in [-0.2, -0.15) is 0 Å². The average molecular weight is 479 g/mol. The van der Waals surface area contributed by atoms with Gasteiger partial charge in [0.05, 0.1) is 18.3 Å². The SMILES string of the molecule is O=C(CCc1ncc(-c2ccccc2F)o1)Nc1ccc(NC(=O)CCN2C(=O)CNC2=O)cc1. The van der Waals surface area contributed by atoms with Crippen LogP contribution in [0.2, 0.25) is 0 Å². The van der Waals surface area contributed by atoms with Gasteiger partial charge < -0.3 is 20.4 Å². The van der Waals surface area contributed by atoms with E-state index in [9.17, 15) is 23.6 Å². The second kappa shape index (κ2) is 10.6. The van der Waals surface area contributed by atoms with Crippen LogP contribution in [0.15, 0.2) is 59.1 Å². The molecule has 1 aromatic heterocycles. The number of halogens is 1. The lowest BCUT2D eigenvalue weighted by Gasteiger charge is -2.12. The second-order valence-electron chi connectivity index (χ2n) is 7.73. The van der Waals surface area contributed by atoms with Crippen LogP contribution in [-0.4, -0.2) is 46.7 Å². The first kappa shape index (κ1) is 23.6. The minimum Gasteiger partial charge on any atom is -0.441 e. The summed E-state index contributed by atoms with van der Waals surface area (Å²) in [7, 11) is 0. The molecule has 10 nitrogen and oxygen atoms in total. The number of urea groups is 1. The molecule has 0 radical (unpaired) electrons. The summed E-state index contributed by atoms with van der Waals surface area (Å²) in [6.45, 7) is -0.0582. The number of carbonyl (C=O) groups excluding carboxylic acids is 4. The smallest absolute Gasteiger partial charge is 0.324 e. The van der Waals surface area contributed by atoms with Gasteiger partial charge >= 0.3 is 6.03 Å². The van der Waals surface area contributed by atoms with Crippen molar-refractivity contribution in [3.8, 4) is 11.3 Å². The Kier molecular flexibility index (Phi) is 7.15. The molecule has 0 unspecified atom stereocenters. The van der Waals surface area contributed by atoms with Gasteiger partial charge in [0.2, 0.25) is 17.7 Å². The zero-order valence-corrected chi connectivity index (χ0v) is 18.5. The van der Waals surface area contributed by atoms with E-state index in [4.69, 9.17) is 4.42 Å². The molecule has 1 fully saturated rings. The minimum absolute atomic E-state index is 0.00303. The molecule has 1 aliphatic rings. The van der Waals surface area contributed by atoms with Crippen LogP contribution in [-0.2, 0) is 20.8 Å². The molecule has 4 rings (SSSR count). The van der Waals surface area contributed by atoms with Gasteiger partial charge in [-0.05, 0) is 36.4 Å². The Balaban J connectivity index is 1.22. The lowest BCUT2D eigenvalue weighted by molar-refractivity contribution is -0.125. The van der Waals surface area contributed by atoms with Crippen molar-refractivity contribution in [3.63, 3.8) is 0 Å². The molecule has 0 saturated carbocycles. The Morgan fingerprint density at radius 1 is 1.00 bits per heavy atom. The third kappa shape index (κ3) is 6.08. The fourth-order valence-corrected chi connectivity index (χ4v) is 3.41. The number of anilines is 2. The zero-order chi connectivity index (χ0) is 24.8. The maximum absolute atomic E-state index is 13.9. The average Bonchev–Trinajstić information content (AvgIpc) is 3.44. The normalized spacial score (nSPS) is 13.0. The molecule has 11 heteroatoms. The van der Waals surface area contributed by atoms with Gasteiger partial charge in [0.15, 0.2) is 11.7 Å². The molecule has 5 amide bonds. The molecule has 2 aromatic carbocycles. The first-order valence-corrected chi connectivity index (χ1v) is 10.9. The van der Waals surface area contributed by atoms with Gasteiger partial charge in [-0.25, -0.2) is 14.2 Å². The number of hydrogen-bond acceptors (Lipinski definition) is 6. The molecule has 3 N–H and O–H groups in total. The number of rotatable bonds is 9. The van der Waals surface area contributed by atoms with Crippen LogP contribution in [0.25, 0.3) is 11.3 Å². The first-order chi connectivity index (χ1) is 16.9. The summed E-state index contributed by atoms with van der Waals surface area (Å²) in [5.74, 6) is -0.773. The van der Waals surface area contributed by atoms with Crippen LogP contribution in [0.5, 0.6) is 0 Å². The van der Waals surface area contributed by atoms with Crippen molar-refractivity contribution in [3.05, 3.63) is 66.4 Å². The van der Waals surface area contributed by atoms with Crippen LogP contribution < -0.4 is 16.0 Å². The highest BCUT2D eigenvalue weighted by Gasteiger charge is 2.28. The number of aryl methyl sites for hydroxylation is 1. The zero-order valence-electron chi connectivity index (χ0n) is 18.5. The number of benzene rings is 2. The Morgan fingerprint density at radius 3 is 2.29 bits per heavy atom. The van der Waals surface area contributed by atoms with Crippen LogP contribution in [0.4, 0.5) is 20.6 Å². The molecular formula is C24H22FN5O5. The summed E-state index contributed by atoms with van der Waals surface area (Å²) >= 11 is 0. The number of hydrogen-bond donors (Lipinski definition) is 3. The number of imide groups is 1. The number of oxazole rings is 1. The Morgan fingerprint density at radius 2 is 1.66 bits per heavy atom. The van der Waals surface area contributed by atoms with E-state index in [1.165, 1.54) is 12.3 Å². The van der Waals surface area contributed by atoms with Gasteiger partial charge in [0, 0.05) is 37.2 Å². The van der Waals surface area contributed by atoms with E-state index in [0.717, 1.165) is 4.90 Å². The Labute approximate surface area is 199 Å². The van der Waals surface area contributed by atoms with Gasteiger partial charge in [-0.15, -0.1) is 0 Å². The third-order valence-electron chi connectivity index (χ3n) is 5.21. The van der Waals surface area contributed by atoms with Gasteiger partial charge in [0.1, 0.15) is 5.82 Å². The molecule has 0 spiro atoms. The maximum atomic E-state index is 13.9. The number of amides is 5. The fraction of sp³-hybridized carbons (Fsp3) is 0.208. The standard InChI is InChI=1S/C24H22FN5O5/c25-18-4-2-1-3-17(18)19-13-26-22(35-19)10-9-20(31)28-15-5-7-16(8-6-15)29-21(32)11-12-30-23(33)14-27-24(30)34/h1-8,13H,9-12,14H2,(H,27,34)(H,28,31)(H,29,32). The molecular weight excluding hydrogens is 457 g/mol. The van der Waals surface area contributed by atoms with E-state index in [1.807, 2.05) is 0 Å². The number of nitrogens with one attached hydrogen (secondary N) is 3. The maximum Gasteiger partial charge on any atom is 0.324 e. The van der Waals surface area contributed by atoms with Crippen molar-refractivity contribution in [2.75, 3.05) is 23.7 Å². The van der Waals surface area contributed by atoms with Crippen LogP contribution in [0, 0.1) is 5.82 Å². The van der Waals surface area contributed by atoms with E-state index in [0.29, 0.717) is 28.6 Å². The molecule has 180 valence electrons. The molecule has 0 bridgehead atoms. The first-order valence-electron chi connectivity index (χ1n) is 10.9. The van der Waals surface area contributed by atoms with E-state index in [2.05, 4.69) is 20.9 Å². The number of carbonyl (C=O) groups is 4. The second-order valence-corrected chi connectivity index (χ2v) is 7.73. The Bertz CT molecular complexity index is 1240. The summed E-state index contributed by atoms with van der Waals surface area (Å²) in [5, 5.41) is 7.81. The summed E-state index contributed by atoms with van der Waals surface area (Å²) in [6.07, 6.45) is 1.75. The molecule has 0 aliphatic carbocycles. The molecule has 1 saturated heterocycles. The third-order valence-corrected chi connectivity index (χ3v) is 5.21. The number of nitrogens with zero attached hydrogens (tertiary/aromatic N) is 2. The van der Waals surface area contributed by atoms with E-state index in [-0.39, 0.29) is 50.1 Å². The van der Waals surface area contributed by atoms with Gasteiger partial charge in [-0.3, -0.25) is 19.3 Å². The van der Waals surface area contributed by atoms with E-state index in [1.54, 1.807) is 42.5 Å². The highest BCUT2D eigenvalue weighted by atomic mass is 19.1. The summed E-state index contributed by atoms with van der Waals surface area (Å²) in [6, 6.07) is 12.2. The van der Waals surface area contributed by atoms with Gasteiger partial charge in [0.25, 0.3) is 0 Å². The van der Waals surface area contributed by atoms with Crippen molar-refractivity contribution in [1.82, 2.24) is 15.2 Å². The van der Waals surface area contributed by atoms with Crippen molar-refractivity contribution >= 4 is 35.1 Å². The summed E-state index contributed by atoms with van der Waals surface area (Å²) < 4.78 is 19.4. The van der Waals surface area contributed by atoms with Crippen molar-refractivity contribution < 1.29 is 28.0 Å². The molecule has 1 aliphatic heterocycles. The fourth-order valence-electron chi connectivity index (χ4n) is 3.41. The predicted molar refractivity (Wildman–Crippen MR) is 124 cm³/mol. The lowest BCUT2D eigenvalue weighted by Crippen LogP contribution is -2.33. The Hall–Kier alpha value is -4.54. The highest BCUT2D eigenvalue weighted by Crippen LogP contribution is 2.23. The molecule has 2 heterocycles. The predicted octanol–water partition coefficient (Wildman–Crippen LogP) is 2.93. The van der Waals surface area contributed by atoms with E-state index >= 15 is 0 Å². The van der Waals surface area contributed by atoms with Gasteiger partial charge in [-0.1, -0.05) is 12.1 Å². The van der Waals surface area contributed by atoms with Crippen molar-refractivity contribution in [2.24, 2.45) is 0 Å². The molecule has 35 heavy (non-hydrogen) atoms. The quantitative estimate of drug-likeness (QED) is 0.404. The topological polar surface area (TPSA) is 134 Å². The highest BCUT2D eigenvalue weighted by molar-refractivity contribution is 6.02. The van der Waals surface area contributed by atoms with E-state index < -0.39 is 11.8 Å². The summed E-state index contributed by atoms with van der Waals surface area (Å²) in [4.78, 5) is 52.5. The van der Waals surface area contributed by atoms with Crippen molar-refractivity contribution in [2.45, 2.75) is 19.3 Å². The van der Waals surface area contributed by atoms with Crippen molar-refractivity contribution in [1.29, 1.82) is 0 Å². The van der Waals surface area contributed by atoms with Crippen LogP contribution in [0.3, 0.4) is 0 Å². The molecule has 0 atom stereocenters. The van der Waals surface area contributed by atoms with Crippen LogP contribution in [0.1, 0.15) is 18.7 Å². The largest absolute Gasteiger partial charge is 0.441 e. The number of aromatic nitrogens is 1. The molecule has 3 aromatic rings. The van der Waals surface area contributed by atoms with Crippen LogP contribution >= 0.6 is 0 Å². The monoisotopic (exact) mass is 479 g/mol. The lowest BCUT2D eigenvalue weighted by atomic mass is 10.2.